The number of hydrogen-bond donors (Lipinski definition) is 1. The van der Waals surface area contributed by atoms with E-state index in [2.05, 4.69) is 34.5 Å². The van der Waals surface area contributed by atoms with E-state index in [1.807, 2.05) is 6.07 Å². The Morgan fingerprint density at radius 1 is 1.06 bits per heavy atom. The van der Waals surface area contributed by atoms with E-state index in [0.717, 1.165) is 60.5 Å². The van der Waals surface area contributed by atoms with Crippen LogP contribution in [-0.4, -0.2) is 28.8 Å². The van der Waals surface area contributed by atoms with Gasteiger partial charge < -0.3 is 15.0 Å². The SMILES string of the molecule is Fc1cccc(Nc2nc(N3CCC4(CC3)OCc3ccccc34)nc3c2SCC3)c1. The molecule has 0 atom stereocenters. The molecule has 6 rings (SSSR count). The van der Waals surface area contributed by atoms with Crippen LogP contribution in [0.3, 0.4) is 0 Å². The molecule has 0 unspecified atom stereocenters. The van der Waals surface area contributed by atoms with E-state index in [9.17, 15) is 4.39 Å². The Bertz CT molecular complexity index is 1150. The van der Waals surface area contributed by atoms with E-state index in [-0.39, 0.29) is 11.4 Å². The number of nitrogens with one attached hydrogen (secondary N) is 1. The fraction of sp³-hybridized carbons (Fsp3) is 0.333. The van der Waals surface area contributed by atoms with Gasteiger partial charge in [-0.15, -0.1) is 11.8 Å². The molecule has 7 heteroatoms. The van der Waals surface area contributed by atoms with Crippen molar-refractivity contribution in [2.24, 2.45) is 0 Å². The van der Waals surface area contributed by atoms with Gasteiger partial charge in [0.2, 0.25) is 5.95 Å². The van der Waals surface area contributed by atoms with Crippen molar-refractivity contribution in [2.45, 2.75) is 36.4 Å². The van der Waals surface area contributed by atoms with Crippen LogP contribution in [0.5, 0.6) is 0 Å². The molecule has 3 aromatic rings. The fourth-order valence-corrected chi connectivity index (χ4v) is 5.90. The molecule has 0 bridgehead atoms. The minimum absolute atomic E-state index is 0.178. The lowest BCUT2D eigenvalue weighted by Gasteiger charge is -2.39. The van der Waals surface area contributed by atoms with E-state index >= 15 is 0 Å². The third-order valence-corrected chi connectivity index (χ3v) is 7.59. The Hall–Kier alpha value is -2.64. The molecule has 0 radical (unpaired) electrons. The first kappa shape index (κ1) is 19.1. The zero-order chi connectivity index (χ0) is 20.8. The lowest BCUT2D eigenvalue weighted by molar-refractivity contribution is -0.0552. The molecular formula is C24H23FN4OS. The molecule has 0 saturated carbocycles. The number of aromatic nitrogens is 2. The first-order valence-corrected chi connectivity index (χ1v) is 11.7. The highest BCUT2D eigenvalue weighted by molar-refractivity contribution is 7.99. The largest absolute Gasteiger partial charge is 0.365 e. The van der Waals surface area contributed by atoms with Gasteiger partial charge in [-0.3, -0.25) is 0 Å². The van der Waals surface area contributed by atoms with Crippen LogP contribution in [0.25, 0.3) is 0 Å². The van der Waals surface area contributed by atoms with Crippen LogP contribution in [0.1, 0.15) is 29.7 Å². The number of rotatable bonds is 3. The van der Waals surface area contributed by atoms with Gasteiger partial charge >= 0.3 is 0 Å². The first-order chi connectivity index (χ1) is 15.2. The van der Waals surface area contributed by atoms with Gasteiger partial charge in [0, 0.05) is 31.0 Å². The summed E-state index contributed by atoms with van der Waals surface area (Å²) in [5.74, 6) is 2.26. The lowest BCUT2D eigenvalue weighted by Crippen LogP contribution is -2.43. The summed E-state index contributed by atoms with van der Waals surface area (Å²) in [5.41, 5.74) is 4.25. The standard InChI is InChI=1S/C24H23FN4OS/c25-17-5-3-6-18(14-17)26-22-21-20(8-13-31-21)27-23(28-22)29-11-9-24(10-12-29)19-7-2-1-4-16(19)15-30-24/h1-7,14H,8-13,15H2,(H,26,27,28). The maximum atomic E-state index is 13.7. The second-order valence-corrected chi connectivity index (χ2v) is 9.41. The molecule has 1 N–H and O–H groups in total. The maximum absolute atomic E-state index is 13.7. The number of fused-ring (bicyclic) bond motifs is 3. The lowest BCUT2D eigenvalue weighted by atomic mass is 9.84. The monoisotopic (exact) mass is 434 g/mol. The van der Waals surface area contributed by atoms with Crippen molar-refractivity contribution in [3.8, 4) is 0 Å². The van der Waals surface area contributed by atoms with E-state index < -0.39 is 0 Å². The van der Waals surface area contributed by atoms with Crippen molar-refractivity contribution in [1.82, 2.24) is 9.97 Å². The first-order valence-electron chi connectivity index (χ1n) is 10.7. The van der Waals surface area contributed by atoms with Crippen LogP contribution in [0.15, 0.2) is 53.4 Å². The van der Waals surface area contributed by atoms with Gasteiger partial charge in [0.15, 0.2) is 0 Å². The van der Waals surface area contributed by atoms with E-state index in [0.29, 0.717) is 12.3 Å². The average Bonchev–Trinajstić information content (AvgIpc) is 3.40. The van der Waals surface area contributed by atoms with Gasteiger partial charge in [0.25, 0.3) is 0 Å². The topological polar surface area (TPSA) is 50.3 Å². The van der Waals surface area contributed by atoms with Gasteiger partial charge in [-0.1, -0.05) is 30.3 Å². The van der Waals surface area contributed by atoms with Gasteiger partial charge in [0.05, 0.1) is 22.8 Å². The number of benzene rings is 2. The summed E-state index contributed by atoms with van der Waals surface area (Å²) in [5, 5.41) is 3.32. The Labute approximate surface area is 185 Å². The number of hydrogen-bond acceptors (Lipinski definition) is 6. The molecule has 5 nitrogen and oxygen atoms in total. The predicted octanol–water partition coefficient (Wildman–Crippen LogP) is 5.03. The van der Waals surface area contributed by atoms with Gasteiger partial charge in [-0.2, -0.15) is 4.98 Å². The van der Waals surface area contributed by atoms with Gasteiger partial charge in [-0.25, -0.2) is 9.37 Å². The van der Waals surface area contributed by atoms with Crippen molar-refractivity contribution < 1.29 is 9.13 Å². The number of aryl methyl sites for hydroxylation is 1. The Morgan fingerprint density at radius 3 is 2.81 bits per heavy atom. The summed E-state index contributed by atoms with van der Waals surface area (Å²) in [7, 11) is 0. The Morgan fingerprint density at radius 2 is 1.94 bits per heavy atom. The van der Waals surface area contributed by atoms with E-state index in [1.165, 1.54) is 23.3 Å². The summed E-state index contributed by atoms with van der Waals surface area (Å²) >= 11 is 1.76. The molecular weight excluding hydrogens is 411 g/mol. The summed E-state index contributed by atoms with van der Waals surface area (Å²) in [4.78, 5) is 13.1. The number of thioether (sulfide) groups is 1. The number of ether oxygens (including phenoxy) is 1. The van der Waals surface area contributed by atoms with Crippen molar-refractivity contribution in [1.29, 1.82) is 0 Å². The zero-order valence-corrected chi connectivity index (χ0v) is 17.9. The molecule has 1 fully saturated rings. The van der Waals surface area contributed by atoms with Crippen LogP contribution in [0, 0.1) is 5.82 Å². The van der Waals surface area contributed by atoms with Gasteiger partial charge in [-0.05, 0) is 42.2 Å². The quantitative estimate of drug-likeness (QED) is 0.624. The summed E-state index contributed by atoms with van der Waals surface area (Å²) < 4.78 is 20.0. The molecule has 3 aliphatic heterocycles. The summed E-state index contributed by atoms with van der Waals surface area (Å²) in [6, 6.07) is 15.1. The maximum Gasteiger partial charge on any atom is 0.227 e. The number of piperidine rings is 1. The number of nitrogens with zero attached hydrogens (tertiary/aromatic N) is 3. The third kappa shape index (κ3) is 3.36. The molecule has 0 amide bonds. The fourth-order valence-electron chi connectivity index (χ4n) is 4.85. The molecule has 1 saturated heterocycles. The van der Waals surface area contributed by atoms with Crippen LogP contribution < -0.4 is 10.2 Å². The molecule has 4 heterocycles. The summed E-state index contributed by atoms with van der Waals surface area (Å²) in [6.45, 7) is 2.39. The van der Waals surface area contributed by atoms with Crippen molar-refractivity contribution >= 4 is 29.2 Å². The van der Waals surface area contributed by atoms with E-state index in [4.69, 9.17) is 14.7 Å². The van der Waals surface area contributed by atoms with Crippen molar-refractivity contribution in [2.75, 3.05) is 29.1 Å². The normalized spacial score (nSPS) is 18.8. The minimum atomic E-state index is -0.262. The molecule has 0 aliphatic carbocycles. The van der Waals surface area contributed by atoms with E-state index in [1.54, 1.807) is 17.8 Å². The number of anilines is 3. The van der Waals surface area contributed by atoms with Gasteiger partial charge in [0.1, 0.15) is 11.6 Å². The zero-order valence-electron chi connectivity index (χ0n) is 17.1. The molecule has 3 aliphatic rings. The second kappa shape index (κ2) is 7.50. The van der Waals surface area contributed by atoms with Crippen molar-refractivity contribution in [3.05, 3.63) is 71.2 Å². The highest BCUT2D eigenvalue weighted by Crippen LogP contribution is 2.45. The smallest absolute Gasteiger partial charge is 0.227 e. The highest BCUT2D eigenvalue weighted by Gasteiger charge is 2.43. The second-order valence-electron chi connectivity index (χ2n) is 8.31. The molecule has 2 aromatic carbocycles. The Kier molecular flexibility index (Phi) is 4.61. The number of halogens is 1. The molecule has 158 valence electrons. The highest BCUT2D eigenvalue weighted by atomic mass is 32.2. The minimum Gasteiger partial charge on any atom is -0.365 e. The third-order valence-electron chi connectivity index (χ3n) is 6.46. The van der Waals surface area contributed by atoms with Crippen molar-refractivity contribution in [3.63, 3.8) is 0 Å². The average molecular weight is 435 g/mol. The van der Waals surface area contributed by atoms with Crippen LogP contribution >= 0.6 is 11.8 Å². The molecule has 31 heavy (non-hydrogen) atoms. The molecule has 1 spiro atoms. The Balaban J connectivity index is 1.27. The van der Waals surface area contributed by atoms with Crippen LogP contribution in [-0.2, 0) is 23.4 Å². The predicted molar refractivity (Wildman–Crippen MR) is 120 cm³/mol. The summed E-state index contributed by atoms with van der Waals surface area (Å²) in [6.07, 6.45) is 2.78. The van der Waals surface area contributed by atoms with Crippen LogP contribution in [0.2, 0.25) is 0 Å². The van der Waals surface area contributed by atoms with Crippen LogP contribution in [0.4, 0.5) is 21.8 Å². The molecule has 1 aromatic heterocycles.